The van der Waals surface area contributed by atoms with Crippen molar-refractivity contribution < 1.29 is 22.4 Å². The Hall–Kier alpha value is -1.17. The van der Waals surface area contributed by atoms with Gasteiger partial charge in [-0.3, -0.25) is 0 Å². The fourth-order valence-corrected chi connectivity index (χ4v) is 4.48. The van der Waals surface area contributed by atoms with Gasteiger partial charge in [0.25, 0.3) is 0 Å². The molecule has 0 unspecified atom stereocenters. The molecular formula is C19H19AuP. The van der Waals surface area contributed by atoms with Gasteiger partial charge >= 0.3 is 0 Å². The second-order valence-electron chi connectivity index (χ2n) is 4.34. The molecule has 0 amide bonds. The van der Waals surface area contributed by atoms with Crippen molar-refractivity contribution in [3.8, 4) is 0 Å². The molecule has 3 aromatic rings. The molecule has 0 aromatic heterocycles. The summed E-state index contributed by atoms with van der Waals surface area (Å²) in [6, 6.07) is 32.3. The topological polar surface area (TPSA) is 0 Å². The smallest absolute Gasteiger partial charge is 0 e. The Morgan fingerprint density at radius 1 is 0.429 bits per heavy atom. The van der Waals surface area contributed by atoms with E-state index in [1.807, 2.05) is 0 Å². The van der Waals surface area contributed by atoms with Gasteiger partial charge in [0, 0.05) is 22.4 Å². The van der Waals surface area contributed by atoms with Gasteiger partial charge in [-0.1, -0.05) is 98.4 Å². The molecular weight excluding hydrogens is 456 g/mol. The normalized spacial score (nSPS) is 9.57. The van der Waals surface area contributed by atoms with E-state index < -0.39 is 7.92 Å². The minimum Gasteiger partial charge on any atom is -0.0776 e. The van der Waals surface area contributed by atoms with E-state index in [0.717, 1.165) is 0 Å². The Kier molecular flexibility index (Phi) is 7.64. The van der Waals surface area contributed by atoms with Crippen LogP contribution in [0.2, 0.25) is 0 Å². The van der Waals surface area contributed by atoms with Crippen molar-refractivity contribution in [2.45, 2.75) is 7.43 Å². The van der Waals surface area contributed by atoms with Crippen LogP contribution < -0.4 is 15.9 Å². The van der Waals surface area contributed by atoms with E-state index in [1.165, 1.54) is 15.9 Å². The van der Waals surface area contributed by atoms with E-state index >= 15 is 0 Å². The predicted molar refractivity (Wildman–Crippen MR) is 91.9 cm³/mol. The molecule has 0 heterocycles. The molecule has 0 nitrogen and oxygen atoms in total. The van der Waals surface area contributed by atoms with Crippen LogP contribution in [0.15, 0.2) is 91.0 Å². The van der Waals surface area contributed by atoms with Crippen molar-refractivity contribution in [1.29, 1.82) is 0 Å². The maximum atomic E-state index is 2.23. The Labute approximate surface area is 144 Å². The molecule has 111 valence electrons. The first kappa shape index (κ1) is 17.9. The maximum absolute atomic E-state index is 2.23. The van der Waals surface area contributed by atoms with Gasteiger partial charge in [0.1, 0.15) is 0 Å². The van der Waals surface area contributed by atoms with Crippen molar-refractivity contribution in [2.24, 2.45) is 0 Å². The van der Waals surface area contributed by atoms with Crippen molar-refractivity contribution >= 4 is 23.8 Å². The summed E-state index contributed by atoms with van der Waals surface area (Å²) < 4.78 is 0. The standard InChI is InChI=1S/C18H15P.CH4.Au/c1-4-10-16(11-5-1)19(17-12-6-2-7-13-17)18-14-8-3-9-15-18;;/h1-15H;1H4;. The van der Waals surface area contributed by atoms with Crippen LogP contribution in [-0.2, 0) is 22.4 Å². The molecule has 1 radical (unpaired) electrons. The number of rotatable bonds is 3. The van der Waals surface area contributed by atoms with Crippen LogP contribution in [0.1, 0.15) is 7.43 Å². The minimum atomic E-state index is -0.446. The Morgan fingerprint density at radius 2 is 0.667 bits per heavy atom. The van der Waals surface area contributed by atoms with Crippen LogP contribution >= 0.6 is 7.92 Å². The van der Waals surface area contributed by atoms with E-state index in [-0.39, 0.29) is 29.8 Å². The summed E-state index contributed by atoms with van der Waals surface area (Å²) in [5.74, 6) is 0. The van der Waals surface area contributed by atoms with E-state index in [9.17, 15) is 0 Å². The Balaban J connectivity index is 0.00000110. The van der Waals surface area contributed by atoms with Gasteiger partial charge in [0.2, 0.25) is 0 Å². The third-order valence-electron chi connectivity index (χ3n) is 3.04. The molecule has 0 aliphatic rings. The maximum Gasteiger partial charge on any atom is 0 e. The first-order chi connectivity index (χ1) is 9.45. The van der Waals surface area contributed by atoms with Gasteiger partial charge in [-0.05, 0) is 23.8 Å². The van der Waals surface area contributed by atoms with Gasteiger partial charge in [0.15, 0.2) is 0 Å². The molecule has 2 heteroatoms. The molecule has 3 rings (SSSR count). The monoisotopic (exact) mass is 475 g/mol. The van der Waals surface area contributed by atoms with E-state index in [0.29, 0.717) is 0 Å². The molecule has 0 N–H and O–H groups in total. The van der Waals surface area contributed by atoms with E-state index in [2.05, 4.69) is 91.0 Å². The summed E-state index contributed by atoms with van der Waals surface area (Å²) in [5.41, 5.74) is 0. The molecule has 0 fully saturated rings. The number of hydrogen-bond acceptors (Lipinski definition) is 0. The van der Waals surface area contributed by atoms with Gasteiger partial charge in [-0.15, -0.1) is 0 Å². The molecule has 0 aliphatic heterocycles. The molecule has 3 aromatic carbocycles. The fraction of sp³-hybridized carbons (Fsp3) is 0.0526. The third kappa shape index (κ3) is 4.40. The van der Waals surface area contributed by atoms with Crippen LogP contribution in [0, 0.1) is 0 Å². The van der Waals surface area contributed by atoms with Crippen LogP contribution in [-0.4, -0.2) is 0 Å². The molecule has 0 saturated carbocycles. The summed E-state index contributed by atoms with van der Waals surface area (Å²) in [5, 5.41) is 4.19. The zero-order chi connectivity index (χ0) is 12.9. The van der Waals surface area contributed by atoms with Crippen molar-refractivity contribution in [2.75, 3.05) is 0 Å². The third-order valence-corrected chi connectivity index (χ3v) is 5.49. The predicted octanol–water partition coefficient (Wildman–Crippen LogP) is 4.08. The first-order valence-corrected chi connectivity index (χ1v) is 7.74. The number of benzene rings is 3. The van der Waals surface area contributed by atoms with Gasteiger partial charge < -0.3 is 0 Å². The first-order valence-electron chi connectivity index (χ1n) is 6.40. The molecule has 0 aliphatic carbocycles. The second kappa shape index (κ2) is 8.97. The average Bonchev–Trinajstić information content (AvgIpc) is 2.51. The molecule has 0 spiro atoms. The summed E-state index contributed by atoms with van der Waals surface area (Å²) in [6.45, 7) is 0. The second-order valence-corrected chi connectivity index (χ2v) is 6.56. The SMILES string of the molecule is C.[Au].c1ccc(P(c2ccccc2)c2ccccc2)cc1. The fourth-order valence-electron chi connectivity index (χ4n) is 2.18. The van der Waals surface area contributed by atoms with Gasteiger partial charge in [0.05, 0.1) is 0 Å². The molecule has 21 heavy (non-hydrogen) atoms. The van der Waals surface area contributed by atoms with E-state index in [1.54, 1.807) is 0 Å². The van der Waals surface area contributed by atoms with Crippen LogP contribution in [0.5, 0.6) is 0 Å². The quantitative estimate of drug-likeness (QED) is 0.396. The van der Waals surface area contributed by atoms with Gasteiger partial charge in [-0.2, -0.15) is 0 Å². The molecule has 0 bridgehead atoms. The van der Waals surface area contributed by atoms with Crippen molar-refractivity contribution in [1.82, 2.24) is 0 Å². The van der Waals surface area contributed by atoms with Crippen molar-refractivity contribution in [3.05, 3.63) is 91.0 Å². The van der Waals surface area contributed by atoms with Crippen LogP contribution in [0.25, 0.3) is 0 Å². The minimum absolute atomic E-state index is 0. The Bertz CT molecular complexity index is 530. The summed E-state index contributed by atoms with van der Waals surface area (Å²) in [4.78, 5) is 0. The number of hydrogen-bond donors (Lipinski definition) is 0. The van der Waals surface area contributed by atoms with Crippen LogP contribution in [0.4, 0.5) is 0 Å². The largest absolute Gasteiger partial charge is 0.0776 e. The van der Waals surface area contributed by atoms with E-state index in [4.69, 9.17) is 0 Å². The molecule has 0 atom stereocenters. The average molecular weight is 475 g/mol. The summed E-state index contributed by atoms with van der Waals surface area (Å²) >= 11 is 0. The zero-order valence-electron chi connectivity index (χ0n) is 10.9. The zero-order valence-corrected chi connectivity index (χ0v) is 14.0. The Morgan fingerprint density at radius 3 is 0.905 bits per heavy atom. The van der Waals surface area contributed by atoms with Gasteiger partial charge in [-0.25, -0.2) is 0 Å². The summed E-state index contributed by atoms with van der Waals surface area (Å²) in [6.07, 6.45) is 0. The van der Waals surface area contributed by atoms with Crippen LogP contribution in [0.3, 0.4) is 0 Å². The van der Waals surface area contributed by atoms with Crippen molar-refractivity contribution in [3.63, 3.8) is 0 Å². The summed E-state index contributed by atoms with van der Waals surface area (Å²) in [7, 11) is -0.446. The molecule has 0 saturated heterocycles.